The predicted octanol–water partition coefficient (Wildman–Crippen LogP) is 4.08. The average molecular weight is 423 g/mol. The third kappa shape index (κ3) is 3.11. The van der Waals surface area contributed by atoms with Crippen LogP contribution in [-0.2, 0) is 25.5 Å². The van der Waals surface area contributed by atoms with Crippen molar-refractivity contribution in [1.82, 2.24) is 9.47 Å². The molecule has 2 aromatic rings. The first kappa shape index (κ1) is 20.3. The molecule has 0 aliphatic carbocycles. The van der Waals surface area contributed by atoms with E-state index >= 15 is 0 Å². The minimum Gasteiger partial charge on any atom is -0.459 e. The largest absolute Gasteiger partial charge is 0.459 e. The maximum Gasteiger partial charge on any atom is 0.355 e. The van der Waals surface area contributed by atoms with Crippen LogP contribution in [0.1, 0.15) is 57.3 Å². The Bertz CT molecular complexity index is 1080. The summed E-state index contributed by atoms with van der Waals surface area (Å²) in [6.45, 7) is 7.56. The molecule has 3 aliphatic heterocycles. The van der Waals surface area contributed by atoms with Crippen LogP contribution in [0.15, 0.2) is 30.3 Å². The summed E-state index contributed by atoms with van der Waals surface area (Å²) in [6, 6.07) is 8.69. The molecule has 5 rings (SSSR count). The van der Waals surface area contributed by atoms with Crippen LogP contribution in [-0.4, -0.2) is 47.2 Å². The molecule has 0 saturated carbocycles. The highest BCUT2D eigenvalue weighted by Crippen LogP contribution is 2.57. The van der Waals surface area contributed by atoms with Crippen LogP contribution >= 0.6 is 0 Å². The summed E-state index contributed by atoms with van der Waals surface area (Å²) < 4.78 is 12.9. The van der Waals surface area contributed by atoms with Crippen molar-refractivity contribution in [3.05, 3.63) is 41.6 Å². The Hall–Kier alpha value is -2.60. The zero-order valence-electron chi connectivity index (χ0n) is 18.5. The number of ether oxygens (including phenoxy) is 2. The molecule has 1 aromatic carbocycles. The summed E-state index contributed by atoms with van der Waals surface area (Å²) in [5, 5.41) is 1.24. The van der Waals surface area contributed by atoms with E-state index in [-0.39, 0.29) is 24.0 Å². The molecule has 0 radical (unpaired) electrons. The maximum atomic E-state index is 13.4. The van der Waals surface area contributed by atoms with E-state index in [0.717, 1.165) is 44.3 Å². The van der Waals surface area contributed by atoms with Gasteiger partial charge in [-0.25, -0.2) is 4.79 Å². The predicted molar refractivity (Wildman–Crippen MR) is 118 cm³/mol. The van der Waals surface area contributed by atoms with E-state index < -0.39 is 6.10 Å². The zero-order valence-corrected chi connectivity index (χ0v) is 18.5. The summed E-state index contributed by atoms with van der Waals surface area (Å²) in [6.07, 6.45) is 5.92. The smallest absolute Gasteiger partial charge is 0.355 e. The molecular weight excluding hydrogens is 392 g/mol. The number of carbonyl (C=O) groups excluding carboxylic acids is 2. The SMILES string of the molecule is CC[C@@]12C=C(C(=O)OCC(C)OC(C)=O)n3c4c(c5ccccc53)CCN(CCC1)[C@@H]42. The van der Waals surface area contributed by atoms with Crippen LogP contribution in [0.3, 0.4) is 0 Å². The summed E-state index contributed by atoms with van der Waals surface area (Å²) in [7, 11) is 0. The monoisotopic (exact) mass is 422 g/mol. The topological polar surface area (TPSA) is 60.8 Å². The van der Waals surface area contributed by atoms with Gasteiger partial charge < -0.3 is 14.0 Å². The molecule has 3 aliphatic rings. The number of rotatable bonds is 5. The number of hydrogen-bond acceptors (Lipinski definition) is 5. The van der Waals surface area contributed by atoms with E-state index in [1.807, 2.05) is 6.07 Å². The highest BCUT2D eigenvalue weighted by atomic mass is 16.6. The molecule has 31 heavy (non-hydrogen) atoms. The minimum atomic E-state index is -0.473. The van der Waals surface area contributed by atoms with Gasteiger partial charge in [0.15, 0.2) is 0 Å². The lowest BCUT2D eigenvalue weighted by Crippen LogP contribution is -2.51. The van der Waals surface area contributed by atoms with Gasteiger partial charge in [0.25, 0.3) is 0 Å². The van der Waals surface area contributed by atoms with Crippen molar-refractivity contribution in [3.63, 3.8) is 0 Å². The van der Waals surface area contributed by atoms with Crippen LogP contribution in [0, 0.1) is 5.41 Å². The number of benzene rings is 1. The molecule has 0 amide bonds. The zero-order chi connectivity index (χ0) is 21.8. The van der Waals surface area contributed by atoms with Crippen LogP contribution in [0.4, 0.5) is 0 Å². The fraction of sp³-hybridized carbons (Fsp3) is 0.520. The Kier molecular flexibility index (Phi) is 4.93. The summed E-state index contributed by atoms with van der Waals surface area (Å²) in [5.41, 5.74) is 4.27. The van der Waals surface area contributed by atoms with Gasteiger partial charge in [0.2, 0.25) is 0 Å². The normalized spacial score (nSPS) is 25.5. The summed E-state index contributed by atoms with van der Waals surface area (Å²) in [4.78, 5) is 27.2. The van der Waals surface area contributed by atoms with Gasteiger partial charge in [-0.2, -0.15) is 0 Å². The summed E-state index contributed by atoms with van der Waals surface area (Å²) >= 11 is 0. The lowest BCUT2D eigenvalue weighted by molar-refractivity contribution is -0.153. The Morgan fingerprint density at radius 3 is 2.84 bits per heavy atom. The fourth-order valence-corrected chi connectivity index (χ4v) is 6.01. The van der Waals surface area contributed by atoms with Crippen molar-refractivity contribution in [2.45, 2.75) is 58.6 Å². The Balaban J connectivity index is 1.62. The minimum absolute atomic E-state index is 0.0474. The third-order valence-corrected chi connectivity index (χ3v) is 7.27. The number of piperidine rings is 1. The molecular formula is C25H30N2O4. The highest BCUT2D eigenvalue weighted by molar-refractivity contribution is 6.13. The van der Waals surface area contributed by atoms with Crippen molar-refractivity contribution in [2.75, 3.05) is 19.7 Å². The standard InChI is InChI=1S/C25H30N2O4/c1-4-25-11-7-12-26-13-10-19-18-8-5-6-9-20(18)27(22(19)23(25)26)21(14-25)24(29)30-15-16(2)31-17(3)28/h5-6,8-9,14,16,23H,4,7,10-13,15H2,1-3H3/t16?,23-,25-/m0/s1. The number of carbonyl (C=O) groups is 2. The van der Waals surface area contributed by atoms with Gasteiger partial charge in [0, 0.05) is 30.0 Å². The van der Waals surface area contributed by atoms with Gasteiger partial charge in [-0.1, -0.05) is 25.1 Å². The van der Waals surface area contributed by atoms with Gasteiger partial charge in [-0.15, -0.1) is 0 Å². The highest BCUT2D eigenvalue weighted by Gasteiger charge is 2.51. The van der Waals surface area contributed by atoms with Crippen LogP contribution in [0.25, 0.3) is 16.6 Å². The van der Waals surface area contributed by atoms with Crippen LogP contribution in [0.2, 0.25) is 0 Å². The molecule has 4 heterocycles. The molecule has 6 heteroatoms. The number of nitrogens with zero attached hydrogens (tertiary/aromatic N) is 2. The summed E-state index contributed by atoms with van der Waals surface area (Å²) in [5.74, 6) is -0.725. The van der Waals surface area contributed by atoms with Gasteiger partial charge in [0.05, 0.1) is 11.6 Å². The van der Waals surface area contributed by atoms with Crippen molar-refractivity contribution < 1.29 is 19.1 Å². The first-order chi connectivity index (χ1) is 14.9. The number of fused-ring (bicyclic) bond motifs is 3. The lowest BCUT2D eigenvalue weighted by Gasteiger charge is -2.53. The van der Waals surface area contributed by atoms with E-state index in [1.54, 1.807) is 6.92 Å². The average Bonchev–Trinajstić information content (AvgIpc) is 3.11. The molecule has 1 unspecified atom stereocenters. The molecule has 0 bridgehead atoms. The lowest BCUT2D eigenvalue weighted by atomic mass is 9.66. The van der Waals surface area contributed by atoms with Gasteiger partial charge in [-0.3, -0.25) is 9.69 Å². The number of aromatic nitrogens is 1. The van der Waals surface area contributed by atoms with E-state index in [2.05, 4.69) is 40.7 Å². The van der Waals surface area contributed by atoms with Gasteiger partial charge in [0.1, 0.15) is 18.4 Å². The quantitative estimate of drug-likeness (QED) is 0.680. The second kappa shape index (κ2) is 7.52. The van der Waals surface area contributed by atoms with E-state index in [9.17, 15) is 9.59 Å². The molecule has 164 valence electrons. The van der Waals surface area contributed by atoms with Crippen LogP contribution < -0.4 is 0 Å². The van der Waals surface area contributed by atoms with Crippen molar-refractivity contribution in [1.29, 1.82) is 0 Å². The second-order valence-electron chi connectivity index (χ2n) is 9.14. The molecule has 1 saturated heterocycles. The molecule has 0 spiro atoms. The molecule has 0 N–H and O–H groups in total. The molecule has 1 fully saturated rings. The van der Waals surface area contributed by atoms with E-state index in [0.29, 0.717) is 11.7 Å². The first-order valence-electron chi connectivity index (χ1n) is 11.4. The third-order valence-electron chi connectivity index (χ3n) is 7.27. The fourth-order valence-electron chi connectivity index (χ4n) is 6.01. The first-order valence-corrected chi connectivity index (χ1v) is 11.4. The van der Waals surface area contributed by atoms with E-state index in [4.69, 9.17) is 9.47 Å². The Morgan fingerprint density at radius 2 is 2.06 bits per heavy atom. The van der Waals surface area contributed by atoms with Crippen molar-refractivity contribution >= 4 is 28.5 Å². The molecule has 3 atom stereocenters. The van der Waals surface area contributed by atoms with Gasteiger partial charge >= 0.3 is 11.9 Å². The second-order valence-corrected chi connectivity index (χ2v) is 9.14. The number of hydrogen-bond donors (Lipinski definition) is 0. The van der Waals surface area contributed by atoms with E-state index in [1.165, 1.54) is 23.6 Å². The van der Waals surface area contributed by atoms with Crippen molar-refractivity contribution in [2.24, 2.45) is 5.41 Å². The maximum absolute atomic E-state index is 13.4. The Morgan fingerprint density at radius 1 is 1.26 bits per heavy atom. The molecule has 6 nitrogen and oxygen atoms in total. The number of esters is 2. The van der Waals surface area contributed by atoms with Crippen LogP contribution in [0.5, 0.6) is 0 Å². The Labute approximate surface area is 182 Å². The molecule has 1 aromatic heterocycles. The number of para-hydroxylation sites is 1. The van der Waals surface area contributed by atoms with Gasteiger partial charge in [-0.05, 0) is 56.9 Å². The van der Waals surface area contributed by atoms with Crippen molar-refractivity contribution in [3.8, 4) is 0 Å².